The number of rotatable bonds is 4. The summed E-state index contributed by atoms with van der Waals surface area (Å²) in [5.74, 6) is 0. The zero-order valence-electron chi connectivity index (χ0n) is 8.74. The fraction of sp³-hybridized carbons (Fsp3) is 0.333. The topological polar surface area (TPSA) is 14.2 Å². The van der Waals surface area contributed by atoms with Crippen LogP contribution in [0.4, 0.5) is 0 Å². The Hall–Kier alpha value is -0.800. The number of hydrogen-bond acceptors (Lipinski definition) is 1. The van der Waals surface area contributed by atoms with E-state index in [0.29, 0.717) is 0 Å². The molecule has 1 aromatic heterocycles. The standard InChI is InChI=1S/C12H14BrNO/c1-15-8-4-7-14-11-6-3-2-5-10(11)9-12(14)13/h2-3,5-6,9H,4,7-8H2,1H3. The van der Waals surface area contributed by atoms with E-state index in [1.54, 1.807) is 7.11 Å². The number of halogens is 1. The number of benzene rings is 1. The minimum atomic E-state index is 0.805. The monoisotopic (exact) mass is 267 g/mol. The van der Waals surface area contributed by atoms with Crippen LogP contribution in [0.3, 0.4) is 0 Å². The molecule has 2 rings (SSSR count). The van der Waals surface area contributed by atoms with Crippen LogP contribution in [0.25, 0.3) is 10.9 Å². The van der Waals surface area contributed by atoms with Crippen LogP contribution in [0.1, 0.15) is 6.42 Å². The van der Waals surface area contributed by atoms with E-state index in [1.165, 1.54) is 10.9 Å². The van der Waals surface area contributed by atoms with Crippen molar-refractivity contribution in [2.45, 2.75) is 13.0 Å². The second-order valence-electron chi connectivity index (χ2n) is 3.52. The van der Waals surface area contributed by atoms with Gasteiger partial charge in [-0.3, -0.25) is 0 Å². The minimum absolute atomic E-state index is 0.805. The third-order valence-electron chi connectivity index (χ3n) is 2.49. The first-order valence-electron chi connectivity index (χ1n) is 5.05. The number of nitrogens with zero attached hydrogens (tertiary/aromatic N) is 1. The summed E-state index contributed by atoms with van der Waals surface area (Å²) in [6, 6.07) is 10.6. The molecule has 0 aliphatic carbocycles. The Morgan fingerprint density at radius 3 is 2.93 bits per heavy atom. The molecule has 3 heteroatoms. The second kappa shape index (κ2) is 4.81. The molecule has 0 aliphatic heterocycles. The molecule has 0 spiro atoms. The maximum atomic E-state index is 5.06. The highest BCUT2D eigenvalue weighted by Gasteiger charge is 2.04. The van der Waals surface area contributed by atoms with Crippen molar-refractivity contribution in [3.8, 4) is 0 Å². The first-order chi connectivity index (χ1) is 7.33. The Morgan fingerprint density at radius 2 is 2.13 bits per heavy atom. The van der Waals surface area contributed by atoms with Crippen LogP contribution in [0.5, 0.6) is 0 Å². The van der Waals surface area contributed by atoms with Gasteiger partial charge in [-0.25, -0.2) is 0 Å². The SMILES string of the molecule is COCCCn1c(Br)cc2ccccc21. The van der Waals surface area contributed by atoms with Gasteiger partial charge in [0.15, 0.2) is 0 Å². The Morgan fingerprint density at radius 1 is 1.33 bits per heavy atom. The lowest BCUT2D eigenvalue weighted by atomic mass is 10.2. The Labute approximate surface area is 98.0 Å². The Bertz CT molecular complexity index is 450. The molecule has 0 radical (unpaired) electrons. The van der Waals surface area contributed by atoms with Gasteiger partial charge in [-0.1, -0.05) is 18.2 Å². The highest BCUT2D eigenvalue weighted by Crippen LogP contribution is 2.23. The first kappa shape index (κ1) is 10.7. The van der Waals surface area contributed by atoms with E-state index < -0.39 is 0 Å². The molecule has 0 unspecified atom stereocenters. The molecule has 0 amide bonds. The number of aryl methyl sites for hydroxylation is 1. The van der Waals surface area contributed by atoms with Gasteiger partial charge in [-0.15, -0.1) is 0 Å². The van der Waals surface area contributed by atoms with Crippen LogP contribution in [-0.4, -0.2) is 18.3 Å². The Kier molecular flexibility index (Phi) is 3.44. The average molecular weight is 268 g/mol. The lowest BCUT2D eigenvalue weighted by molar-refractivity contribution is 0.190. The van der Waals surface area contributed by atoms with Gasteiger partial charge in [0.25, 0.3) is 0 Å². The van der Waals surface area contributed by atoms with Gasteiger partial charge < -0.3 is 9.30 Å². The van der Waals surface area contributed by atoms with E-state index in [1.807, 2.05) is 0 Å². The molecule has 0 atom stereocenters. The van der Waals surface area contributed by atoms with Crippen molar-refractivity contribution in [1.29, 1.82) is 0 Å². The van der Waals surface area contributed by atoms with E-state index in [0.717, 1.165) is 24.2 Å². The molecule has 80 valence electrons. The largest absolute Gasteiger partial charge is 0.385 e. The highest BCUT2D eigenvalue weighted by molar-refractivity contribution is 9.10. The predicted molar refractivity (Wildman–Crippen MR) is 66.1 cm³/mol. The molecular weight excluding hydrogens is 254 g/mol. The molecule has 0 bridgehead atoms. The molecule has 0 aliphatic rings. The van der Waals surface area contributed by atoms with Gasteiger partial charge in [0.1, 0.15) is 0 Å². The van der Waals surface area contributed by atoms with Crippen LogP contribution >= 0.6 is 15.9 Å². The predicted octanol–water partition coefficient (Wildman–Crippen LogP) is 3.44. The quantitative estimate of drug-likeness (QED) is 0.775. The van der Waals surface area contributed by atoms with Crippen molar-refractivity contribution in [2.75, 3.05) is 13.7 Å². The lowest BCUT2D eigenvalue weighted by Gasteiger charge is -2.06. The van der Waals surface area contributed by atoms with Gasteiger partial charge in [-0.05, 0) is 34.5 Å². The van der Waals surface area contributed by atoms with E-state index in [4.69, 9.17) is 4.74 Å². The molecule has 2 nitrogen and oxygen atoms in total. The van der Waals surface area contributed by atoms with E-state index in [-0.39, 0.29) is 0 Å². The zero-order valence-corrected chi connectivity index (χ0v) is 10.3. The third-order valence-corrected chi connectivity index (χ3v) is 3.15. The van der Waals surface area contributed by atoms with Gasteiger partial charge in [-0.2, -0.15) is 0 Å². The maximum absolute atomic E-state index is 5.06. The van der Waals surface area contributed by atoms with Crippen LogP contribution in [0.2, 0.25) is 0 Å². The number of para-hydroxylation sites is 1. The second-order valence-corrected chi connectivity index (χ2v) is 4.34. The number of methoxy groups -OCH3 is 1. The van der Waals surface area contributed by atoms with Crippen LogP contribution in [-0.2, 0) is 11.3 Å². The summed E-state index contributed by atoms with van der Waals surface area (Å²) in [6.07, 6.45) is 1.04. The summed E-state index contributed by atoms with van der Waals surface area (Å²) in [4.78, 5) is 0. The number of fused-ring (bicyclic) bond motifs is 1. The summed E-state index contributed by atoms with van der Waals surface area (Å²) in [6.45, 7) is 1.79. The van der Waals surface area contributed by atoms with Gasteiger partial charge in [0.2, 0.25) is 0 Å². The van der Waals surface area contributed by atoms with Crippen molar-refractivity contribution in [2.24, 2.45) is 0 Å². The molecule has 15 heavy (non-hydrogen) atoms. The van der Waals surface area contributed by atoms with Crippen LogP contribution in [0, 0.1) is 0 Å². The van der Waals surface area contributed by atoms with Crippen molar-refractivity contribution in [1.82, 2.24) is 4.57 Å². The van der Waals surface area contributed by atoms with Gasteiger partial charge in [0.05, 0.1) is 4.60 Å². The fourth-order valence-corrected chi connectivity index (χ4v) is 2.39. The number of hydrogen-bond donors (Lipinski definition) is 0. The summed E-state index contributed by atoms with van der Waals surface area (Å²) in [5.41, 5.74) is 1.28. The summed E-state index contributed by atoms with van der Waals surface area (Å²) in [5, 5.41) is 1.28. The van der Waals surface area contributed by atoms with Crippen LogP contribution < -0.4 is 0 Å². The van der Waals surface area contributed by atoms with E-state index >= 15 is 0 Å². The number of aromatic nitrogens is 1. The molecule has 0 saturated carbocycles. The van der Waals surface area contributed by atoms with Crippen molar-refractivity contribution >= 4 is 26.8 Å². The fourth-order valence-electron chi connectivity index (χ4n) is 1.77. The first-order valence-corrected chi connectivity index (χ1v) is 5.85. The molecular formula is C12H14BrNO. The van der Waals surface area contributed by atoms with E-state index in [2.05, 4.69) is 50.8 Å². The third kappa shape index (κ3) is 2.24. The minimum Gasteiger partial charge on any atom is -0.385 e. The summed E-state index contributed by atoms with van der Waals surface area (Å²) < 4.78 is 8.47. The van der Waals surface area contributed by atoms with Crippen molar-refractivity contribution in [3.63, 3.8) is 0 Å². The number of ether oxygens (including phenoxy) is 1. The average Bonchev–Trinajstić information content (AvgIpc) is 2.56. The molecule has 0 saturated heterocycles. The highest BCUT2D eigenvalue weighted by atomic mass is 79.9. The summed E-state index contributed by atoms with van der Waals surface area (Å²) >= 11 is 3.58. The van der Waals surface area contributed by atoms with Gasteiger partial charge >= 0.3 is 0 Å². The lowest BCUT2D eigenvalue weighted by Crippen LogP contribution is -2.01. The van der Waals surface area contributed by atoms with E-state index in [9.17, 15) is 0 Å². The van der Waals surface area contributed by atoms with Crippen molar-refractivity contribution < 1.29 is 4.74 Å². The van der Waals surface area contributed by atoms with Gasteiger partial charge in [0, 0.05) is 31.2 Å². The molecule has 2 aromatic rings. The maximum Gasteiger partial charge on any atom is 0.0857 e. The molecule has 1 aromatic carbocycles. The Balaban J connectivity index is 2.28. The summed E-state index contributed by atoms with van der Waals surface area (Å²) in [7, 11) is 1.74. The normalized spacial score (nSPS) is 11.1. The van der Waals surface area contributed by atoms with Crippen molar-refractivity contribution in [3.05, 3.63) is 34.9 Å². The zero-order chi connectivity index (χ0) is 10.7. The molecule has 0 fully saturated rings. The molecule has 0 N–H and O–H groups in total. The van der Waals surface area contributed by atoms with Crippen LogP contribution in [0.15, 0.2) is 34.9 Å². The molecule has 1 heterocycles. The smallest absolute Gasteiger partial charge is 0.0857 e.